The first-order valence-corrected chi connectivity index (χ1v) is 7.37. The van der Waals surface area contributed by atoms with Gasteiger partial charge in [0, 0.05) is 16.7 Å². The van der Waals surface area contributed by atoms with E-state index in [0.29, 0.717) is 12.5 Å². The first-order valence-electron chi connectivity index (χ1n) is 6.58. The number of halogens is 1. The van der Waals surface area contributed by atoms with E-state index >= 15 is 0 Å². The molecule has 1 heterocycles. The predicted molar refractivity (Wildman–Crippen MR) is 81.2 cm³/mol. The van der Waals surface area contributed by atoms with Crippen LogP contribution in [0.3, 0.4) is 0 Å². The largest absolute Gasteiger partial charge is 0.325 e. The van der Waals surface area contributed by atoms with Crippen molar-refractivity contribution < 1.29 is 4.79 Å². The van der Waals surface area contributed by atoms with Crippen molar-refractivity contribution in [2.24, 2.45) is 5.92 Å². The smallest absolute Gasteiger partial charge is 0.238 e. The van der Waals surface area contributed by atoms with Gasteiger partial charge in [0.2, 0.25) is 5.91 Å². The van der Waals surface area contributed by atoms with Crippen molar-refractivity contribution in [1.82, 2.24) is 10.2 Å². The van der Waals surface area contributed by atoms with Crippen LogP contribution in [0.4, 0.5) is 5.69 Å². The maximum absolute atomic E-state index is 11.8. The van der Waals surface area contributed by atoms with Crippen molar-refractivity contribution in [3.63, 3.8) is 0 Å². The fraction of sp³-hybridized carbons (Fsp3) is 0.500. The molecule has 0 aliphatic carbocycles. The van der Waals surface area contributed by atoms with Gasteiger partial charge in [-0.05, 0) is 50.7 Å². The number of nitrogens with one attached hydrogen (secondary N) is 2. The van der Waals surface area contributed by atoms with Gasteiger partial charge in [-0.1, -0.05) is 22.0 Å². The minimum absolute atomic E-state index is 0.00412. The van der Waals surface area contributed by atoms with Crippen molar-refractivity contribution in [2.45, 2.75) is 6.42 Å². The van der Waals surface area contributed by atoms with Gasteiger partial charge in [-0.2, -0.15) is 0 Å². The number of carbonyl (C=O) groups is 1. The van der Waals surface area contributed by atoms with E-state index in [4.69, 9.17) is 0 Å². The first-order chi connectivity index (χ1) is 9.13. The van der Waals surface area contributed by atoms with Crippen LogP contribution in [0.2, 0.25) is 0 Å². The summed E-state index contributed by atoms with van der Waals surface area (Å²) in [5, 5.41) is 6.11. The number of carbonyl (C=O) groups excluding carboxylic acids is 1. The molecule has 1 aliphatic rings. The van der Waals surface area contributed by atoms with Gasteiger partial charge >= 0.3 is 0 Å². The summed E-state index contributed by atoms with van der Waals surface area (Å²) in [7, 11) is 2.14. The van der Waals surface area contributed by atoms with Crippen LogP contribution in [0.1, 0.15) is 6.42 Å². The molecule has 0 spiro atoms. The average Bonchev–Trinajstić information content (AvgIpc) is 2.75. The van der Waals surface area contributed by atoms with E-state index in [1.165, 1.54) is 6.42 Å². The lowest BCUT2D eigenvalue weighted by molar-refractivity contribution is -0.115. The summed E-state index contributed by atoms with van der Waals surface area (Å²) in [6.07, 6.45) is 1.22. The molecular weight excluding hydrogens is 306 g/mol. The molecular formula is C14H20BrN3O. The highest BCUT2D eigenvalue weighted by Gasteiger charge is 2.18. The molecule has 5 heteroatoms. The SMILES string of the molecule is CN1CCC(CNCC(=O)Nc2cccc(Br)c2)C1. The van der Waals surface area contributed by atoms with Gasteiger partial charge in [0.15, 0.2) is 0 Å². The van der Waals surface area contributed by atoms with Crippen LogP contribution in [-0.4, -0.2) is 44.0 Å². The molecule has 0 saturated carbocycles. The summed E-state index contributed by atoms with van der Waals surface area (Å²) in [6.45, 7) is 3.57. The quantitative estimate of drug-likeness (QED) is 0.869. The van der Waals surface area contributed by atoms with E-state index < -0.39 is 0 Å². The highest BCUT2D eigenvalue weighted by atomic mass is 79.9. The standard InChI is InChI=1S/C14H20BrN3O/c1-18-6-5-11(10-18)8-16-9-14(19)17-13-4-2-3-12(15)7-13/h2-4,7,11,16H,5-6,8-10H2,1H3,(H,17,19). The maximum Gasteiger partial charge on any atom is 0.238 e. The zero-order valence-corrected chi connectivity index (χ0v) is 12.7. The Bertz CT molecular complexity index is 438. The van der Waals surface area contributed by atoms with E-state index in [0.717, 1.165) is 29.8 Å². The molecule has 1 aromatic rings. The Balaban J connectivity index is 1.67. The lowest BCUT2D eigenvalue weighted by Gasteiger charge is -2.11. The third-order valence-corrected chi connectivity index (χ3v) is 3.81. The summed E-state index contributed by atoms with van der Waals surface area (Å²) >= 11 is 3.38. The molecule has 2 N–H and O–H groups in total. The van der Waals surface area contributed by atoms with Crippen LogP contribution >= 0.6 is 15.9 Å². The second-order valence-electron chi connectivity index (χ2n) is 5.11. The van der Waals surface area contributed by atoms with Crippen LogP contribution in [0, 0.1) is 5.92 Å². The Kier molecular flexibility index (Phi) is 5.36. The molecule has 1 fully saturated rings. The molecule has 1 atom stereocenters. The van der Waals surface area contributed by atoms with Gasteiger partial charge in [0.1, 0.15) is 0 Å². The van der Waals surface area contributed by atoms with Crippen LogP contribution in [0.15, 0.2) is 28.7 Å². The van der Waals surface area contributed by atoms with Crippen molar-refractivity contribution >= 4 is 27.5 Å². The summed E-state index contributed by atoms with van der Waals surface area (Å²) < 4.78 is 0.965. The number of amides is 1. The molecule has 1 unspecified atom stereocenters. The fourth-order valence-electron chi connectivity index (χ4n) is 2.35. The van der Waals surface area contributed by atoms with E-state index in [9.17, 15) is 4.79 Å². The normalized spacial score (nSPS) is 19.6. The topological polar surface area (TPSA) is 44.4 Å². The minimum atomic E-state index is 0.00412. The lowest BCUT2D eigenvalue weighted by atomic mass is 10.1. The van der Waals surface area contributed by atoms with Gasteiger partial charge in [0.25, 0.3) is 0 Å². The maximum atomic E-state index is 11.8. The number of benzene rings is 1. The molecule has 104 valence electrons. The fourth-order valence-corrected chi connectivity index (χ4v) is 2.75. The zero-order valence-electron chi connectivity index (χ0n) is 11.2. The highest BCUT2D eigenvalue weighted by molar-refractivity contribution is 9.10. The number of rotatable bonds is 5. The molecule has 0 bridgehead atoms. The lowest BCUT2D eigenvalue weighted by Crippen LogP contribution is -2.32. The number of likely N-dealkylation sites (tertiary alicyclic amines) is 1. The molecule has 1 aliphatic heterocycles. The summed E-state index contributed by atoms with van der Waals surface area (Å²) in [4.78, 5) is 14.1. The minimum Gasteiger partial charge on any atom is -0.325 e. The second kappa shape index (κ2) is 7.03. The third kappa shape index (κ3) is 4.93. The Hall–Kier alpha value is -0.910. The van der Waals surface area contributed by atoms with Gasteiger partial charge in [-0.25, -0.2) is 0 Å². The van der Waals surface area contributed by atoms with E-state index in [1.54, 1.807) is 0 Å². The van der Waals surface area contributed by atoms with Crippen molar-refractivity contribution in [2.75, 3.05) is 38.5 Å². The highest BCUT2D eigenvalue weighted by Crippen LogP contribution is 2.15. The number of hydrogen-bond acceptors (Lipinski definition) is 3. The predicted octanol–water partition coefficient (Wildman–Crippen LogP) is 1.93. The van der Waals surface area contributed by atoms with Crippen LogP contribution in [0.5, 0.6) is 0 Å². The van der Waals surface area contributed by atoms with Crippen molar-refractivity contribution in [3.8, 4) is 0 Å². The number of hydrogen-bond donors (Lipinski definition) is 2. The van der Waals surface area contributed by atoms with Gasteiger partial charge in [-0.3, -0.25) is 4.79 Å². The molecule has 2 rings (SSSR count). The summed E-state index contributed by atoms with van der Waals surface area (Å²) in [5.74, 6) is 0.674. The van der Waals surface area contributed by atoms with Gasteiger partial charge < -0.3 is 15.5 Å². The molecule has 0 aromatic heterocycles. The Morgan fingerprint density at radius 3 is 3.05 bits per heavy atom. The van der Waals surface area contributed by atoms with E-state index in [1.807, 2.05) is 24.3 Å². The molecule has 0 radical (unpaired) electrons. The third-order valence-electron chi connectivity index (χ3n) is 3.32. The second-order valence-corrected chi connectivity index (χ2v) is 6.02. The van der Waals surface area contributed by atoms with Gasteiger partial charge in [0.05, 0.1) is 6.54 Å². The summed E-state index contributed by atoms with van der Waals surface area (Å²) in [6, 6.07) is 7.62. The van der Waals surface area contributed by atoms with Crippen LogP contribution < -0.4 is 10.6 Å². The molecule has 1 saturated heterocycles. The molecule has 1 aromatic carbocycles. The Morgan fingerprint density at radius 1 is 1.53 bits per heavy atom. The van der Waals surface area contributed by atoms with Crippen LogP contribution in [-0.2, 0) is 4.79 Å². The monoisotopic (exact) mass is 325 g/mol. The number of anilines is 1. The number of nitrogens with zero attached hydrogens (tertiary/aromatic N) is 1. The summed E-state index contributed by atoms with van der Waals surface area (Å²) in [5.41, 5.74) is 0.821. The van der Waals surface area contributed by atoms with E-state index in [2.05, 4.69) is 38.5 Å². The Labute approximate surface area is 122 Å². The first kappa shape index (κ1) is 14.5. The van der Waals surface area contributed by atoms with Gasteiger partial charge in [-0.15, -0.1) is 0 Å². The average molecular weight is 326 g/mol. The Morgan fingerprint density at radius 2 is 2.37 bits per heavy atom. The van der Waals surface area contributed by atoms with Crippen molar-refractivity contribution in [1.29, 1.82) is 0 Å². The van der Waals surface area contributed by atoms with Crippen LogP contribution in [0.25, 0.3) is 0 Å². The van der Waals surface area contributed by atoms with E-state index in [-0.39, 0.29) is 5.91 Å². The molecule has 4 nitrogen and oxygen atoms in total. The molecule has 19 heavy (non-hydrogen) atoms. The zero-order chi connectivity index (χ0) is 13.7. The molecule has 1 amide bonds. The van der Waals surface area contributed by atoms with Crippen molar-refractivity contribution in [3.05, 3.63) is 28.7 Å².